The fourth-order valence-corrected chi connectivity index (χ4v) is 3.93. The van der Waals surface area contributed by atoms with Gasteiger partial charge in [-0.15, -0.1) is 11.8 Å². The molecule has 0 aliphatic carbocycles. The molecule has 24 heavy (non-hydrogen) atoms. The first-order chi connectivity index (χ1) is 11.6. The molecule has 1 aliphatic heterocycles. The quantitative estimate of drug-likeness (QED) is 0.746. The Kier molecular flexibility index (Phi) is 5.68. The minimum Gasteiger partial charge on any atom is -0.486 e. The summed E-state index contributed by atoms with van der Waals surface area (Å²) in [4.78, 5) is 14.0. The molecule has 4 nitrogen and oxygen atoms in total. The van der Waals surface area contributed by atoms with Gasteiger partial charge in [0.1, 0.15) is 13.2 Å². The maximum Gasteiger partial charge on any atom is 0.236 e. The van der Waals surface area contributed by atoms with Crippen LogP contribution in [0.5, 0.6) is 11.5 Å². The van der Waals surface area contributed by atoms with Crippen LogP contribution in [-0.4, -0.2) is 31.9 Å². The first kappa shape index (κ1) is 17.2. The summed E-state index contributed by atoms with van der Waals surface area (Å²) in [6.07, 6.45) is 0. The van der Waals surface area contributed by atoms with Gasteiger partial charge in [0.2, 0.25) is 5.91 Å². The Labute approximate surface area is 154 Å². The Morgan fingerprint density at radius 3 is 2.54 bits per heavy atom. The summed E-state index contributed by atoms with van der Waals surface area (Å²) >= 11 is 5.15. The molecule has 2 aromatic carbocycles. The fourth-order valence-electron chi connectivity index (χ4n) is 2.36. The summed E-state index contributed by atoms with van der Waals surface area (Å²) in [5, 5.41) is 0. The van der Waals surface area contributed by atoms with Gasteiger partial charge in [-0.25, -0.2) is 0 Å². The van der Waals surface area contributed by atoms with E-state index in [1.165, 1.54) is 0 Å². The van der Waals surface area contributed by atoms with Crippen LogP contribution in [0, 0.1) is 0 Å². The highest BCUT2D eigenvalue weighted by Crippen LogP contribution is 2.36. The second kappa shape index (κ2) is 7.94. The highest BCUT2D eigenvalue weighted by molar-refractivity contribution is 9.10. The Morgan fingerprint density at radius 1 is 1.17 bits per heavy atom. The highest BCUT2D eigenvalue weighted by Gasteiger charge is 2.16. The van der Waals surface area contributed by atoms with Gasteiger partial charge < -0.3 is 14.4 Å². The number of fused-ring (bicyclic) bond motifs is 1. The Bertz CT molecular complexity index is 724. The number of hydrogen-bond donors (Lipinski definition) is 0. The summed E-state index contributed by atoms with van der Waals surface area (Å²) in [6, 6.07) is 13.6. The second-order valence-electron chi connectivity index (χ2n) is 5.37. The van der Waals surface area contributed by atoms with Gasteiger partial charge in [0.05, 0.1) is 5.75 Å². The molecule has 0 radical (unpaired) electrons. The molecule has 0 unspecified atom stereocenters. The number of carbonyl (C=O) groups is 1. The number of halogens is 1. The molecule has 1 heterocycles. The predicted octanol–water partition coefficient (Wildman–Crippen LogP) is 4.12. The molecule has 1 aliphatic rings. The third-order valence-electron chi connectivity index (χ3n) is 3.71. The maximum absolute atomic E-state index is 12.3. The molecule has 0 bridgehead atoms. The summed E-state index contributed by atoms with van der Waals surface area (Å²) in [5.74, 6) is 2.77. The van der Waals surface area contributed by atoms with Crippen molar-refractivity contribution in [3.8, 4) is 11.5 Å². The van der Waals surface area contributed by atoms with E-state index < -0.39 is 0 Å². The van der Waals surface area contributed by atoms with E-state index in [4.69, 9.17) is 9.47 Å². The summed E-state index contributed by atoms with van der Waals surface area (Å²) in [6.45, 7) is 1.15. The molecule has 0 N–H and O–H groups in total. The van der Waals surface area contributed by atoms with Crippen molar-refractivity contribution in [3.05, 3.63) is 52.5 Å². The molecule has 2 aromatic rings. The van der Waals surface area contributed by atoms with Gasteiger partial charge in [-0.1, -0.05) is 34.1 Å². The number of anilines is 1. The Morgan fingerprint density at radius 2 is 1.83 bits per heavy atom. The van der Waals surface area contributed by atoms with E-state index in [0.717, 1.165) is 33.0 Å². The number of rotatable bonds is 5. The molecule has 0 fully saturated rings. The van der Waals surface area contributed by atoms with E-state index >= 15 is 0 Å². The molecular weight excluding hydrogens is 390 g/mol. The van der Waals surface area contributed by atoms with E-state index in [9.17, 15) is 4.79 Å². The van der Waals surface area contributed by atoms with E-state index in [1.54, 1.807) is 23.7 Å². The predicted molar refractivity (Wildman–Crippen MR) is 101 cm³/mol. The van der Waals surface area contributed by atoms with Crippen LogP contribution in [0.1, 0.15) is 5.56 Å². The van der Waals surface area contributed by atoms with Crippen LogP contribution >= 0.6 is 27.7 Å². The lowest BCUT2D eigenvalue weighted by atomic mass is 10.2. The molecule has 1 amide bonds. The minimum absolute atomic E-state index is 0.0832. The van der Waals surface area contributed by atoms with Gasteiger partial charge in [-0.05, 0) is 29.8 Å². The third kappa shape index (κ3) is 4.05. The van der Waals surface area contributed by atoms with Crippen LogP contribution in [0.15, 0.2) is 46.9 Å². The van der Waals surface area contributed by atoms with Crippen molar-refractivity contribution in [1.29, 1.82) is 0 Å². The van der Waals surface area contributed by atoms with Crippen LogP contribution in [0.2, 0.25) is 0 Å². The lowest BCUT2D eigenvalue weighted by Gasteiger charge is -2.20. The summed E-state index contributed by atoms with van der Waals surface area (Å²) in [7, 11) is 1.80. The number of amides is 1. The monoisotopic (exact) mass is 407 g/mol. The highest BCUT2D eigenvalue weighted by atomic mass is 79.9. The van der Waals surface area contributed by atoms with Crippen molar-refractivity contribution >= 4 is 39.3 Å². The Balaban J connectivity index is 1.57. The van der Waals surface area contributed by atoms with Crippen molar-refractivity contribution in [2.24, 2.45) is 0 Å². The van der Waals surface area contributed by atoms with Crippen LogP contribution in [0.4, 0.5) is 5.69 Å². The van der Waals surface area contributed by atoms with Crippen molar-refractivity contribution < 1.29 is 14.3 Å². The third-order valence-corrected chi connectivity index (χ3v) is 5.42. The fraction of sp³-hybridized carbons (Fsp3) is 0.278. The van der Waals surface area contributed by atoms with Crippen molar-refractivity contribution in [2.45, 2.75) is 5.75 Å². The molecule has 3 rings (SSSR count). The number of nitrogens with zero attached hydrogens (tertiary/aromatic N) is 1. The van der Waals surface area contributed by atoms with Crippen molar-refractivity contribution in [1.82, 2.24) is 0 Å². The van der Waals surface area contributed by atoms with E-state index in [-0.39, 0.29) is 5.91 Å². The van der Waals surface area contributed by atoms with Crippen LogP contribution in [0.3, 0.4) is 0 Å². The molecule has 0 aromatic heterocycles. The standard InChI is InChI=1S/C18H18BrNO3S/c1-20(14-5-3-2-4-6-14)18(21)12-24-11-13-9-16-17(10-15(13)19)23-8-7-22-16/h2-6,9-10H,7-8,11-12H2,1H3. The van der Waals surface area contributed by atoms with Gasteiger partial charge in [-0.3, -0.25) is 4.79 Å². The summed E-state index contributed by atoms with van der Waals surface area (Å²) < 4.78 is 12.1. The molecule has 0 saturated heterocycles. The average molecular weight is 408 g/mol. The van der Waals surface area contributed by atoms with Crippen molar-refractivity contribution in [2.75, 3.05) is 30.9 Å². The zero-order valence-electron chi connectivity index (χ0n) is 13.3. The molecule has 0 saturated carbocycles. The first-order valence-corrected chi connectivity index (χ1v) is 9.57. The van der Waals surface area contributed by atoms with E-state index in [0.29, 0.717) is 19.0 Å². The first-order valence-electron chi connectivity index (χ1n) is 7.62. The van der Waals surface area contributed by atoms with E-state index in [2.05, 4.69) is 15.9 Å². The number of ether oxygens (including phenoxy) is 2. The van der Waals surface area contributed by atoms with Gasteiger partial charge in [-0.2, -0.15) is 0 Å². The topological polar surface area (TPSA) is 38.8 Å². The second-order valence-corrected chi connectivity index (χ2v) is 7.21. The SMILES string of the molecule is CN(C(=O)CSCc1cc2c(cc1Br)OCCO2)c1ccccc1. The zero-order chi connectivity index (χ0) is 16.9. The number of thioether (sulfide) groups is 1. The summed E-state index contributed by atoms with van der Waals surface area (Å²) in [5.41, 5.74) is 2.00. The van der Waals surface area contributed by atoms with Crippen LogP contribution < -0.4 is 14.4 Å². The van der Waals surface area contributed by atoms with Gasteiger partial charge in [0, 0.05) is 23.0 Å². The molecule has 6 heteroatoms. The number of hydrogen-bond acceptors (Lipinski definition) is 4. The maximum atomic E-state index is 12.3. The molecule has 0 spiro atoms. The van der Waals surface area contributed by atoms with Crippen molar-refractivity contribution in [3.63, 3.8) is 0 Å². The molecule has 126 valence electrons. The molecule has 0 atom stereocenters. The Hall–Kier alpha value is -1.66. The van der Waals surface area contributed by atoms with Crippen LogP contribution in [-0.2, 0) is 10.5 Å². The number of benzene rings is 2. The van der Waals surface area contributed by atoms with Gasteiger partial charge >= 0.3 is 0 Å². The average Bonchev–Trinajstić information content (AvgIpc) is 2.62. The number of para-hydroxylation sites is 1. The normalized spacial score (nSPS) is 12.8. The largest absolute Gasteiger partial charge is 0.486 e. The van der Waals surface area contributed by atoms with Gasteiger partial charge in [0.25, 0.3) is 0 Å². The zero-order valence-corrected chi connectivity index (χ0v) is 15.7. The molecular formula is C18H18BrNO3S. The van der Waals surface area contributed by atoms with E-state index in [1.807, 2.05) is 42.5 Å². The smallest absolute Gasteiger partial charge is 0.236 e. The minimum atomic E-state index is 0.0832. The van der Waals surface area contributed by atoms with Gasteiger partial charge in [0.15, 0.2) is 11.5 Å². The van der Waals surface area contributed by atoms with Crippen LogP contribution in [0.25, 0.3) is 0 Å². The lowest BCUT2D eigenvalue weighted by Crippen LogP contribution is -2.27. The lowest BCUT2D eigenvalue weighted by molar-refractivity contribution is -0.115. The number of carbonyl (C=O) groups excluding carboxylic acids is 1.